The number of unbranched alkanes of at least 4 members (excludes halogenated alkanes) is 2. The van der Waals surface area contributed by atoms with Gasteiger partial charge < -0.3 is 15.2 Å². The van der Waals surface area contributed by atoms with Crippen LogP contribution in [0.5, 0.6) is 11.5 Å². The van der Waals surface area contributed by atoms with Crippen LogP contribution in [0.4, 0.5) is 5.69 Å². The van der Waals surface area contributed by atoms with Gasteiger partial charge in [-0.15, -0.1) is 0 Å². The van der Waals surface area contributed by atoms with E-state index in [1.54, 1.807) is 0 Å². The van der Waals surface area contributed by atoms with E-state index in [0.717, 1.165) is 65.5 Å². The highest BCUT2D eigenvalue weighted by atomic mass is 16.5. The molecule has 0 spiro atoms. The van der Waals surface area contributed by atoms with Crippen molar-refractivity contribution in [3.05, 3.63) is 66.7 Å². The first-order chi connectivity index (χ1) is 18.1. The maximum Gasteiger partial charge on any atom is 0.119 e. The molecule has 0 aliphatic heterocycles. The Labute approximate surface area is 225 Å². The van der Waals surface area contributed by atoms with Crippen LogP contribution >= 0.6 is 0 Å². The molecule has 0 radical (unpaired) electrons. The highest BCUT2D eigenvalue weighted by molar-refractivity contribution is 5.77. The van der Waals surface area contributed by atoms with E-state index < -0.39 is 0 Å². The molecule has 0 heterocycles. The minimum absolute atomic E-state index is 0.627. The first-order valence-corrected chi connectivity index (χ1v) is 14.4. The molecule has 37 heavy (non-hydrogen) atoms. The van der Waals surface area contributed by atoms with E-state index in [1.165, 1.54) is 38.5 Å². The van der Waals surface area contributed by atoms with Crippen LogP contribution in [-0.2, 0) is 0 Å². The summed E-state index contributed by atoms with van der Waals surface area (Å²) in [7, 11) is 0. The van der Waals surface area contributed by atoms with E-state index in [0.29, 0.717) is 11.8 Å². The molecule has 0 amide bonds. The molecule has 0 aromatic heterocycles. The molecule has 2 unspecified atom stereocenters. The highest BCUT2D eigenvalue weighted by Crippen LogP contribution is 2.31. The van der Waals surface area contributed by atoms with Gasteiger partial charge in [0, 0.05) is 5.69 Å². The number of nitrogen functional groups attached to an aromatic ring is 1. The smallest absolute Gasteiger partial charge is 0.119 e. The summed E-state index contributed by atoms with van der Waals surface area (Å²) in [5.74, 6) is 3.11. The largest absolute Gasteiger partial charge is 0.493 e. The fourth-order valence-electron chi connectivity index (χ4n) is 4.70. The molecule has 3 rings (SSSR count). The number of rotatable bonds is 16. The van der Waals surface area contributed by atoms with Gasteiger partial charge in [0.2, 0.25) is 0 Å². The number of hydrogen-bond donors (Lipinski definition) is 1. The van der Waals surface area contributed by atoms with Gasteiger partial charge in [-0.1, -0.05) is 90.5 Å². The maximum absolute atomic E-state index is 6.32. The first-order valence-electron chi connectivity index (χ1n) is 14.4. The molecule has 0 fully saturated rings. The van der Waals surface area contributed by atoms with Crippen molar-refractivity contribution >= 4 is 5.69 Å². The second kappa shape index (κ2) is 15.3. The van der Waals surface area contributed by atoms with Gasteiger partial charge in [-0.05, 0) is 89.4 Å². The highest BCUT2D eigenvalue weighted by Gasteiger charge is 2.10. The number of anilines is 1. The van der Waals surface area contributed by atoms with Gasteiger partial charge in [-0.2, -0.15) is 0 Å². The molecule has 2 atom stereocenters. The lowest BCUT2D eigenvalue weighted by Gasteiger charge is -2.16. The summed E-state index contributed by atoms with van der Waals surface area (Å²) in [6.07, 6.45) is 9.82. The normalized spacial score (nSPS) is 12.8. The number of nitrogens with two attached hydrogens (primary N) is 1. The zero-order valence-corrected chi connectivity index (χ0v) is 23.5. The molecule has 3 heteroatoms. The Kier molecular flexibility index (Phi) is 11.9. The van der Waals surface area contributed by atoms with Crippen molar-refractivity contribution in [1.82, 2.24) is 0 Å². The summed E-state index contributed by atoms with van der Waals surface area (Å²) in [6, 6.07) is 23.1. The fourth-order valence-corrected chi connectivity index (χ4v) is 4.70. The van der Waals surface area contributed by atoms with Crippen molar-refractivity contribution in [1.29, 1.82) is 0 Å². The predicted octanol–water partition coefficient (Wildman–Crippen LogP) is 9.79. The lowest BCUT2D eigenvalue weighted by molar-refractivity contribution is 0.233. The van der Waals surface area contributed by atoms with Crippen molar-refractivity contribution < 1.29 is 9.47 Å². The summed E-state index contributed by atoms with van der Waals surface area (Å²) in [5.41, 5.74) is 11.6. The van der Waals surface area contributed by atoms with Crippen molar-refractivity contribution in [3.8, 4) is 33.8 Å². The van der Waals surface area contributed by atoms with Crippen LogP contribution in [0.1, 0.15) is 79.1 Å². The van der Waals surface area contributed by atoms with Crippen LogP contribution < -0.4 is 15.2 Å². The summed E-state index contributed by atoms with van der Waals surface area (Å²) >= 11 is 0. The average Bonchev–Trinajstić information content (AvgIpc) is 2.93. The zero-order valence-electron chi connectivity index (χ0n) is 23.5. The molecule has 2 N–H and O–H groups in total. The predicted molar refractivity (Wildman–Crippen MR) is 159 cm³/mol. The minimum atomic E-state index is 0.627. The molecular formula is C34H47NO2. The van der Waals surface area contributed by atoms with E-state index in [2.05, 4.69) is 82.3 Å². The third-order valence-corrected chi connectivity index (χ3v) is 7.39. The van der Waals surface area contributed by atoms with E-state index in [1.807, 2.05) is 12.1 Å². The standard InChI is InChI=1S/C34H47NO2/c1-5-9-11-26(7-3)24-36-33-17-13-28(14-18-33)30-21-31(23-32(35)22-30)29-15-19-34(20-16-29)37-25-27(8-4)12-10-6-2/h13-23,26-27H,5-12,24-25,35H2,1-4H3. The van der Waals surface area contributed by atoms with E-state index in [9.17, 15) is 0 Å². The number of benzene rings is 3. The van der Waals surface area contributed by atoms with Crippen molar-refractivity contribution in [2.24, 2.45) is 11.8 Å². The average molecular weight is 502 g/mol. The molecule has 200 valence electrons. The molecule has 0 saturated carbocycles. The summed E-state index contributed by atoms with van der Waals surface area (Å²) < 4.78 is 12.2. The quantitative estimate of drug-likeness (QED) is 0.199. The Morgan fingerprint density at radius 2 is 0.973 bits per heavy atom. The Morgan fingerprint density at radius 1 is 0.568 bits per heavy atom. The third kappa shape index (κ3) is 9.14. The number of hydrogen-bond acceptors (Lipinski definition) is 3. The van der Waals surface area contributed by atoms with Gasteiger partial charge in [0.1, 0.15) is 11.5 Å². The molecular weight excluding hydrogens is 454 g/mol. The molecule has 3 nitrogen and oxygen atoms in total. The molecule has 0 saturated heterocycles. The Morgan fingerprint density at radius 3 is 1.32 bits per heavy atom. The van der Waals surface area contributed by atoms with E-state index in [4.69, 9.17) is 15.2 Å². The van der Waals surface area contributed by atoms with Crippen LogP contribution in [0.15, 0.2) is 66.7 Å². The van der Waals surface area contributed by atoms with E-state index >= 15 is 0 Å². The summed E-state index contributed by atoms with van der Waals surface area (Å²) in [4.78, 5) is 0. The van der Waals surface area contributed by atoms with Gasteiger partial charge in [0.25, 0.3) is 0 Å². The van der Waals surface area contributed by atoms with E-state index in [-0.39, 0.29) is 0 Å². The van der Waals surface area contributed by atoms with Crippen LogP contribution in [0.2, 0.25) is 0 Å². The van der Waals surface area contributed by atoms with Crippen molar-refractivity contribution in [3.63, 3.8) is 0 Å². The van der Waals surface area contributed by atoms with Crippen LogP contribution in [0, 0.1) is 11.8 Å². The second-order valence-corrected chi connectivity index (χ2v) is 10.3. The SMILES string of the molecule is CCCCC(CC)COc1ccc(-c2cc(N)cc(-c3ccc(OCC(CC)CCCC)cc3)c2)cc1. The van der Waals surface area contributed by atoms with Gasteiger partial charge in [0.05, 0.1) is 13.2 Å². The molecule has 3 aromatic rings. The molecule has 0 aliphatic carbocycles. The van der Waals surface area contributed by atoms with Gasteiger partial charge in [0.15, 0.2) is 0 Å². The van der Waals surface area contributed by atoms with Crippen molar-refractivity contribution in [2.45, 2.75) is 79.1 Å². The minimum Gasteiger partial charge on any atom is -0.493 e. The summed E-state index contributed by atoms with van der Waals surface area (Å²) in [6.45, 7) is 10.6. The lowest BCUT2D eigenvalue weighted by atomic mass is 9.98. The molecule has 0 aliphatic rings. The Balaban J connectivity index is 1.65. The van der Waals surface area contributed by atoms with Gasteiger partial charge in [-0.3, -0.25) is 0 Å². The number of ether oxygens (including phenoxy) is 2. The lowest BCUT2D eigenvalue weighted by Crippen LogP contribution is -2.11. The van der Waals surface area contributed by atoms with Crippen molar-refractivity contribution in [2.75, 3.05) is 18.9 Å². The molecule has 3 aromatic carbocycles. The first kappa shape index (κ1) is 28.6. The Hall–Kier alpha value is -2.94. The van der Waals surface area contributed by atoms with Gasteiger partial charge >= 0.3 is 0 Å². The molecule has 0 bridgehead atoms. The fraction of sp³-hybridized carbons (Fsp3) is 0.471. The van der Waals surface area contributed by atoms with Crippen LogP contribution in [0.3, 0.4) is 0 Å². The third-order valence-electron chi connectivity index (χ3n) is 7.39. The monoisotopic (exact) mass is 501 g/mol. The zero-order chi connectivity index (χ0) is 26.5. The van der Waals surface area contributed by atoms with Gasteiger partial charge in [-0.25, -0.2) is 0 Å². The Bertz CT molecular complexity index is 961. The van der Waals surface area contributed by atoms with Crippen LogP contribution in [-0.4, -0.2) is 13.2 Å². The van der Waals surface area contributed by atoms with Crippen LogP contribution in [0.25, 0.3) is 22.3 Å². The topological polar surface area (TPSA) is 44.5 Å². The summed E-state index contributed by atoms with van der Waals surface area (Å²) in [5, 5.41) is 0. The maximum atomic E-state index is 6.32. The second-order valence-electron chi connectivity index (χ2n) is 10.3.